The molecule has 2 aliphatic carbocycles. The molecule has 0 atom stereocenters. The molecule has 0 fully saturated rings. The van der Waals surface area contributed by atoms with E-state index in [0.717, 1.165) is 0 Å². The summed E-state index contributed by atoms with van der Waals surface area (Å²) >= 11 is 0. The maximum absolute atomic E-state index is 2.41. The number of benzene rings is 10. The van der Waals surface area contributed by atoms with Gasteiger partial charge in [-0.15, -0.1) is 0 Å². The molecule has 11 aromatic rings. The molecule has 10 aromatic carbocycles. The van der Waals surface area contributed by atoms with E-state index in [1.807, 2.05) is 0 Å². The van der Waals surface area contributed by atoms with Crippen LogP contribution in [0.15, 0.2) is 237 Å². The quantitative estimate of drug-likeness (QED) is 0.168. The van der Waals surface area contributed by atoms with Crippen LogP contribution in [0.2, 0.25) is 0 Å². The van der Waals surface area contributed by atoms with Gasteiger partial charge in [0.05, 0.1) is 16.4 Å². The molecule has 1 heteroatoms. The van der Waals surface area contributed by atoms with Crippen LogP contribution in [0.5, 0.6) is 0 Å². The van der Waals surface area contributed by atoms with Gasteiger partial charge in [0, 0.05) is 16.5 Å². The zero-order valence-corrected chi connectivity index (χ0v) is 34.0. The topological polar surface area (TPSA) is 4.93 Å². The van der Waals surface area contributed by atoms with Gasteiger partial charge in [-0.1, -0.05) is 200 Å². The summed E-state index contributed by atoms with van der Waals surface area (Å²) in [5.74, 6) is 0. The van der Waals surface area contributed by atoms with Gasteiger partial charge in [0.25, 0.3) is 0 Å². The Bertz CT molecular complexity index is 3500. The first-order valence-corrected chi connectivity index (χ1v) is 21.6. The Morgan fingerprint density at radius 3 is 1.39 bits per heavy atom. The molecule has 0 amide bonds. The van der Waals surface area contributed by atoms with E-state index in [1.165, 1.54) is 117 Å². The summed E-state index contributed by atoms with van der Waals surface area (Å²) in [5, 5.41) is 2.51. The number of hydrogen-bond acceptors (Lipinski definition) is 0. The van der Waals surface area contributed by atoms with E-state index in [1.54, 1.807) is 0 Å². The fourth-order valence-corrected chi connectivity index (χ4v) is 11.2. The summed E-state index contributed by atoms with van der Waals surface area (Å²) in [6.07, 6.45) is 0. The molecule has 13 rings (SSSR count). The molecule has 0 saturated carbocycles. The van der Waals surface area contributed by atoms with Crippen LogP contribution in [-0.2, 0) is 5.41 Å². The highest BCUT2D eigenvalue weighted by Gasteiger charge is 2.49. The third-order valence-electron chi connectivity index (χ3n) is 13.6. The molecule has 288 valence electrons. The third-order valence-corrected chi connectivity index (χ3v) is 13.6. The average Bonchev–Trinajstić information content (AvgIpc) is 3.85. The molecule has 0 saturated heterocycles. The van der Waals surface area contributed by atoms with Crippen LogP contribution in [0.25, 0.3) is 94.3 Å². The van der Waals surface area contributed by atoms with Crippen LogP contribution in [0.1, 0.15) is 22.3 Å². The summed E-state index contributed by atoms with van der Waals surface area (Å²) in [5.41, 5.74) is 23.2. The van der Waals surface area contributed by atoms with Crippen LogP contribution >= 0.6 is 0 Å². The molecule has 0 N–H and O–H groups in total. The standard InChI is InChI=1S/C61H39N/c1-2-20-43(21-3-1)62-58-35-15-11-28-51(58)53-39-41(36-37-59(53)62)40-18-16-19-42(38-40)44-30-17-34-57-60(44)52-29-10-14-33-56(52)61(57)54-31-12-8-26-49(54)47-24-6-4-22-45(47)46-23-5-7-25-48(46)50-27-9-13-32-55(50)61/h1-39H. The molecule has 0 unspecified atom stereocenters. The first-order valence-electron chi connectivity index (χ1n) is 21.6. The van der Waals surface area contributed by atoms with Crippen molar-refractivity contribution >= 4 is 21.8 Å². The molecule has 0 radical (unpaired) electrons. The molecule has 1 nitrogen and oxygen atoms in total. The number of hydrogen-bond donors (Lipinski definition) is 0. The van der Waals surface area contributed by atoms with E-state index in [-0.39, 0.29) is 0 Å². The largest absolute Gasteiger partial charge is 0.309 e. The normalized spacial score (nSPS) is 13.0. The second kappa shape index (κ2) is 13.5. The molecule has 0 bridgehead atoms. The Labute approximate surface area is 361 Å². The lowest BCUT2D eigenvalue weighted by Crippen LogP contribution is -2.30. The summed E-state index contributed by atoms with van der Waals surface area (Å²) in [7, 11) is 0. The lowest BCUT2D eigenvalue weighted by Gasteiger charge is -2.37. The van der Waals surface area contributed by atoms with Gasteiger partial charge in [-0.3, -0.25) is 0 Å². The van der Waals surface area contributed by atoms with Gasteiger partial charge in [0.1, 0.15) is 0 Å². The van der Waals surface area contributed by atoms with Crippen LogP contribution in [-0.4, -0.2) is 4.57 Å². The zero-order valence-electron chi connectivity index (χ0n) is 34.0. The van der Waals surface area contributed by atoms with Gasteiger partial charge >= 0.3 is 0 Å². The summed E-state index contributed by atoms with van der Waals surface area (Å²) in [6, 6.07) is 88.2. The summed E-state index contributed by atoms with van der Waals surface area (Å²) < 4.78 is 2.39. The van der Waals surface area contributed by atoms with Gasteiger partial charge in [0.2, 0.25) is 0 Å². The second-order valence-corrected chi connectivity index (χ2v) is 16.7. The number of para-hydroxylation sites is 2. The Kier molecular flexibility index (Phi) is 7.59. The van der Waals surface area contributed by atoms with Crippen LogP contribution in [0.4, 0.5) is 0 Å². The Hall–Kier alpha value is -8.00. The van der Waals surface area contributed by atoms with E-state index in [4.69, 9.17) is 0 Å². The summed E-state index contributed by atoms with van der Waals surface area (Å²) in [6.45, 7) is 0. The van der Waals surface area contributed by atoms with Crippen molar-refractivity contribution in [3.05, 3.63) is 259 Å². The number of rotatable bonds is 3. The minimum Gasteiger partial charge on any atom is -0.309 e. The predicted octanol–water partition coefficient (Wildman–Crippen LogP) is 15.8. The van der Waals surface area contributed by atoms with Crippen molar-refractivity contribution in [2.75, 3.05) is 0 Å². The fraction of sp³-hybridized carbons (Fsp3) is 0.0164. The van der Waals surface area contributed by atoms with E-state index in [2.05, 4.69) is 241 Å². The first-order chi connectivity index (χ1) is 30.8. The van der Waals surface area contributed by atoms with E-state index < -0.39 is 5.41 Å². The Morgan fingerprint density at radius 1 is 0.258 bits per heavy atom. The third kappa shape index (κ3) is 4.85. The van der Waals surface area contributed by atoms with Crippen molar-refractivity contribution in [1.82, 2.24) is 4.57 Å². The van der Waals surface area contributed by atoms with E-state index in [9.17, 15) is 0 Å². The SMILES string of the molecule is c1ccc(-n2c3ccccc3c3cc(-c4cccc(-c5cccc6c5-c5ccccc5C65c6ccccc6-c6ccccc6-c6ccccc6-c6ccccc65)c4)ccc32)cc1. The molecule has 2 aliphatic rings. The second-order valence-electron chi connectivity index (χ2n) is 16.7. The van der Waals surface area contributed by atoms with Gasteiger partial charge in [0.15, 0.2) is 0 Å². The monoisotopic (exact) mass is 785 g/mol. The van der Waals surface area contributed by atoms with Gasteiger partial charge in [-0.2, -0.15) is 0 Å². The van der Waals surface area contributed by atoms with Crippen molar-refractivity contribution in [3.63, 3.8) is 0 Å². The first kappa shape index (κ1) is 34.8. The van der Waals surface area contributed by atoms with Gasteiger partial charge in [-0.25, -0.2) is 0 Å². The number of nitrogens with zero attached hydrogens (tertiary/aromatic N) is 1. The highest BCUT2D eigenvalue weighted by molar-refractivity contribution is 6.11. The van der Waals surface area contributed by atoms with Gasteiger partial charge in [-0.05, 0) is 125 Å². The highest BCUT2D eigenvalue weighted by Crippen LogP contribution is 2.62. The van der Waals surface area contributed by atoms with Gasteiger partial charge < -0.3 is 4.57 Å². The van der Waals surface area contributed by atoms with Crippen molar-refractivity contribution in [3.8, 4) is 72.4 Å². The van der Waals surface area contributed by atoms with Crippen LogP contribution in [0, 0.1) is 0 Å². The van der Waals surface area contributed by atoms with Crippen LogP contribution < -0.4 is 0 Å². The van der Waals surface area contributed by atoms with E-state index in [0.29, 0.717) is 0 Å². The Morgan fingerprint density at radius 2 is 0.710 bits per heavy atom. The van der Waals surface area contributed by atoms with E-state index >= 15 is 0 Å². The van der Waals surface area contributed by atoms with Crippen LogP contribution in [0.3, 0.4) is 0 Å². The minimum absolute atomic E-state index is 0.602. The lowest BCUT2D eigenvalue weighted by atomic mass is 9.64. The molecule has 1 aromatic heterocycles. The molecule has 0 aliphatic heterocycles. The van der Waals surface area contributed by atoms with Crippen molar-refractivity contribution in [2.45, 2.75) is 5.41 Å². The molecule has 62 heavy (non-hydrogen) atoms. The van der Waals surface area contributed by atoms with Crippen molar-refractivity contribution in [2.24, 2.45) is 0 Å². The average molecular weight is 786 g/mol. The minimum atomic E-state index is -0.602. The summed E-state index contributed by atoms with van der Waals surface area (Å²) in [4.78, 5) is 0. The Balaban J connectivity index is 1.06. The van der Waals surface area contributed by atoms with Crippen molar-refractivity contribution in [1.29, 1.82) is 0 Å². The molecule has 1 spiro atoms. The number of aromatic nitrogens is 1. The molecular formula is C61H39N. The highest BCUT2D eigenvalue weighted by atomic mass is 15.0. The molecular weight excluding hydrogens is 747 g/mol. The van der Waals surface area contributed by atoms with Crippen molar-refractivity contribution < 1.29 is 0 Å². The maximum atomic E-state index is 2.41. The number of fused-ring (bicyclic) bond motifs is 17. The fourth-order valence-electron chi connectivity index (χ4n) is 11.2. The zero-order chi connectivity index (χ0) is 40.8. The molecule has 1 heterocycles. The smallest absolute Gasteiger partial charge is 0.0725 e. The lowest BCUT2D eigenvalue weighted by molar-refractivity contribution is 0.773. The maximum Gasteiger partial charge on any atom is 0.0725 e. The predicted molar refractivity (Wildman–Crippen MR) is 259 cm³/mol.